The first-order valence-electron chi connectivity index (χ1n) is 7.95. The predicted octanol–water partition coefficient (Wildman–Crippen LogP) is 1.17. The fourth-order valence-electron chi connectivity index (χ4n) is 2.86. The third-order valence-electron chi connectivity index (χ3n) is 4.43. The molecule has 0 radical (unpaired) electrons. The molecule has 8 heteroatoms. The van der Waals surface area contributed by atoms with Crippen LogP contribution < -0.4 is 0 Å². The van der Waals surface area contributed by atoms with E-state index in [-0.39, 0.29) is 16.8 Å². The van der Waals surface area contributed by atoms with E-state index in [2.05, 4.69) is 6.92 Å². The first-order chi connectivity index (χ1) is 11.0. The Kier molecular flexibility index (Phi) is 4.74. The molecule has 2 aliphatic rings. The Morgan fingerprint density at radius 3 is 2.43 bits per heavy atom. The molecule has 0 aromatic carbocycles. The van der Waals surface area contributed by atoms with Crippen LogP contribution in [-0.4, -0.2) is 62.9 Å². The molecule has 2 fully saturated rings. The summed E-state index contributed by atoms with van der Waals surface area (Å²) in [6, 6.07) is 2.82. The number of amides is 1. The molecule has 2 aliphatic heterocycles. The summed E-state index contributed by atoms with van der Waals surface area (Å²) in [6.45, 7) is 4.89. The van der Waals surface area contributed by atoms with E-state index in [0.29, 0.717) is 45.3 Å². The molecule has 3 heterocycles. The lowest BCUT2D eigenvalue weighted by molar-refractivity contribution is 0.0654. The molecule has 1 amide bonds. The number of furan rings is 1. The Morgan fingerprint density at radius 1 is 1.13 bits per heavy atom. The van der Waals surface area contributed by atoms with Crippen molar-refractivity contribution >= 4 is 15.9 Å². The zero-order chi connectivity index (χ0) is 16.4. The van der Waals surface area contributed by atoms with Gasteiger partial charge in [-0.1, -0.05) is 6.92 Å². The van der Waals surface area contributed by atoms with Crippen molar-refractivity contribution in [2.75, 3.05) is 39.4 Å². The lowest BCUT2D eigenvalue weighted by Gasteiger charge is -2.29. The van der Waals surface area contributed by atoms with E-state index in [1.54, 1.807) is 4.90 Å². The number of sulfonamides is 1. The zero-order valence-corrected chi connectivity index (χ0v) is 14.0. The highest BCUT2D eigenvalue weighted by molar-refractivity contribution is 7.89. The van der Waals surface area contributed by atoms with E-state index in [9.17, 15) is 13.2 Å². The summed E-state index contributed by atoms with van der Waals surface area (Å²) in [7, 11) is -3.70. The molecule has 23 heavy (non-hydrogen) atoms. The number of hydrogen-bond donors (Lipinski definition) is 0. The first-order valence-corrected chi connectivity index (χ1v) is 9.39. The summed E-state index contributed by atoms with van der Waals surface area (Å²) < 4.78 is 36.9. The van der Waals surface area contributed by atoms with Gasteiger partial charge in [0.1, 0.15) is 0 Å². The molecule has 0 aliphatic carbocycles. The summed E-state index contributed by atoms with van der Waals surface area (Å²) in [5.41, 5.74) is 0. The number of rotatable bonds is 3. The summed E-state index contributed by atoms with van der Waals surface area (Å²) in [5, 5.41) is -0.173. The Morgan fingerprint density at radius 2 is 1.78 bits per heavy atom. The second-order valence-corrected chi connectivity index (χ2v) is 7.98. The minimum Gasteiger partial charge on any atom is -0.438 e. The fraction of sp³-hybridized carbons (Fsp3) is 0.667. The quantitative estimate of drug-likeness (QED) is 0.824. The fourth-order valence-corrected chi connectivity index (χ4v) is 4.17. The summed E-state index contributed by atoms with van der Waals surface area (Å²) in [6.07, 6.45) is 1.93. The van der Waals surface area contributed by atoms with E-state index in [4.69, 9.17) is 9.15 Å². The molecule has 3 rings (SSSR count). The lowest BCUT2D eigenvalue weighted by atomic mass is 9.99. The van der Waals surface area contributed by atoms with Crippen molar-refractivity contribution < 1.29 is 22.4 Å². The Bertz CT molecular complexity index is 655. The van der Waals surface area contributed by atoms with Crippen LogP contribution in [0.15, 0.2) is 21.6 Å². The minimum atomic E-state index is -3.70. The smallest absolute Gasteiger partial charge is 0.289 e. The largest absolute Gasteiger partial charge is 0.438 e. The number of likely N-dealkylation sites (tertiary alicyclic amines) is 1. The highest BCUT2D eigenvalue weighted by Gasteiger charge is 2.31. The van der Waals surface area contributed by atoms with Crippen LogP contribution in [0.4, 0.5) is 0 Å². The number of piperidine rings is 1. The van der Waals surface area contributed by atoms with Crippen LogP contribution in [-0.2, 0) is 14.8 Å². The van der Waals surface area contributed by atoms with Gasteiger partial charge in [-0.2, -0.15) is 4.31 Å². The molecule has 1 aromatic heterocycles. The van der Waals surface area contributed by atoms with Gasteiger partial charge in [0.2, 0.25) is 5.09 Å². The van der Waals surface area contributed by atoms with Gasteiger partial charge in [-0.25, -0.2) is 8.42 Å². The molecular formula is C15H22N2O5S. The van der Waals surface area contributed by atoms with Crippen LogP contribution in [0.5, 0.6) is 0 Å². The van der Waals surface area contributed by atoms with Crippen LogP contribution in [0.3, 0.4) is 0 Å². The molecule has 0 saturated carbocycles. The van der Waals surface area contributed by atoms with Gasteiger partial charge in [-0.05, 0) is 30.9 Å². The van der Waals surface area contributed by atoms with Crippen molar-refractivity contribution in [2.24, 2.45) is 5.92 Å². The summed E-state index contributed by atoms with van der Waals surface area (Å²) >= 11 is 0. The molecule has 0 atom stereocenters. The number of carbonyl (C=O) groups excluding carboxylic acids is 1. The molecule has 0 N–H and O–H groups in total. The molecule has 2 saturated heterocycles. The Balaban J connectivity index is 1.73. The predicted molar refractivity (Wildman–Crippen MR) is 82.6 cm³/mol. The van der Waals surface area contributed by atoms with Crippen LogP contribution >= 0.6 is 0 Å². The highest BCUT2D eigenvalue weighted by atomic mass is 32.2. The van der Waals surface area contributed by atoms with E-state index in [0.717, 1.165) is 12.8 Å². The van der Waals surface area contributed by atoms with Gasteiger partial charge >= 0.3 is 0 Å². The maximum Gasteiger partial charge on any atom is 0.289 e. The van der Waals surface area contributed by atoms with E-state index < -0.39 is 10.0 Å². The second kappa shape index (κ2) is 6.62. The SMILES string of the molecule is CC1CCN(C(=O)c2ccc(S(=O)(=O)N3CCOCC3)o2)CC1. The standard InChI is InChI=1S/C15H22N2O5S/c1-12-4-6-16(7-5-12)15(18)13-2-3-14(22-13)23(19,20)17-8-10-21-11-9-17/h2-3,12H,4-11H2,1H3. The monoisotopic (exact) mass is 342 g/mol. The molecule has 7 nitrogen and oxygen atoms in total. The normalized spacial score (nSPS) is 21.5. The molecular weight excluding hydrogens is 320 g/mol. The Labute approximate surface area is 136 Å². The number of hydrogen-bond acceptors (Lipinski definition) is 5. The van der Waals surface area contributed by atoms with E-state index in [1.165, 1.54) is 16.4 Å². The number of nitrogens with zero attached hydrogens (tertiary/aromatic N) is 2. The van der Waals surface area contributed by atoms with E-state index >= 15 is 0 Å². The van der Waals surface area contributed by atoms with E-state index in [1.807, 2.05) is 0 Å². The summed E-state index contributed by atoms with van der Waals surface area (Å²) in [5.74, 6) is 0.472. The van der Waals surface area contributed by atoms with Gasteiger partial charge < -0.3 is 14.1 Å². The molecule has 128 valence electrons. The average molecular weight is 342 g/mol. The third-order valence-corrected chi connectivity index (χ3v) is 6.20. The maximum atomic E-state index is 12.5. The van der Waals surface area contributed by atoms with Gasteiger partial charge in [0, 0.05) is 26.2 Å². The number of carbonyl (C=O) groups is 1. The second-order valence-electron chi connectivity index (χ2n) is 6.11. The topological polar surface area (TPSA) is 80.1 Å². The van der Waals surface area contributed by atoms with Gasteiger partial charge in [-0.15, -0.1) is 0 Å². The molecule has 0 unspecified atom stereocenters. The maximum absolute atomic E-state index is 12.5. The van der Waals surface area contributed by atoms with Crippen LogP contribution in [0.25, 0.3) is 0 Å². The van der Waals surface area contributed by atoms with Crippen molar-refractivity contribution in [3.63, 3.8) is 0 Å². The van der Waals surface area contributed by atoms with Crippen molar-refractivity contribution in [1.29, 1.82) is 0 Å². The number of morpholine rings is 1. The van der Waals surface area contributed by atoms with Crippen molar-refractivity contribution in [3.8, 4) is 0 Å². The van der Waals surface area contributed by atoms with Crippen molar-refractivity contribution in [1.82, 2.24) is 9.21 Å². The van der Waals surface area contributed by atoms with Gasteiger partial charge in [0.25, 0.3) is 15.9 Å². The zero-order valence-electron chi connectivity index (χ0n) is 13.2. The van der Waals surface area contributed by atoms with Crippen molar-refractivity contribution in [3.05, 3.63) is 17.9 Å². The molecule has 0 bridgehead atoms. The van der Waals surface area contributed by atoms with Gasteiger partial charge in [0.15, 0.2) is 5.76 Å². The third kappa shape index (κ3) is 3.44. The summed E-state index contributed by atoms with van der Waals surface area (Å²) in [4.78, 5) is 14.2. The van der Waals surface area contributed by atoms with Crippen LogP contribution in [0.1, 0.15) is 30.3 Å². The molecule has 0 spiro atoms. The van der Waals surface area contributed by atoms with Gasteiger partial charge in [0.05, 0.1) is 13.2 Å². The van der Waals surface area contributed by atoms with Crippen LogP contribution in [0, 0.1) is 5.92 Å². The van der Waals surface area contributed by atoms with Crippen molar-refractivity contribution in [2.45, 2.75) is 24.9 Å². The lowest BCUT2D eigenvalue weighted by Crippen LogP contribution is -2.40. The minimum absolute atomic E-state index is 0.0892. The Hall–Kier alpha value is -1.38. The average Bonchev–Trinajstić information content (AvgIpc) is 3.06. The number of ether oxygens (including phenoxy) is 1. The highest BCUT2D eigenvalue weighted by Crippen LogP contribution is 2.23. The first kappa shape index (κ1) is 16.5. The van der Waals surface area contributed by atoms with Crippen LogP contribution in [0.2, 0.25) is 0 Å². The molecule has 1 aromatic rings. The van der Waals surface area contributed by atoms with Gasteiger partial charge in [-0.3, -0.25) is 4.79 Å².